The molecule has 1 aromatic rings. The zero-order valence-corrected chi connectivity index (χ0v) is 12.7. The summed E-state index contributed by atoms with van der Waals surface area (Å²) in [6, 6.07) is 11.0. The first kappa shape index (κ1) is 14.5. The quantitative estimate of drug-likeness (QED) is 0.895. The van der Waals surface area contributed by atoms with Gasteiger partial charge in [-0.3, -0.25) is 9.69 Å². The highest BCUT2D eigenvalue weighted by Crippen LogP contribution is 2.32. The van der Waals surface area contributed by atoms with Crippen LogP contribution in [0.2, 0.25) is 0 Å². The Balaban J connectivity index is 1.61. The second-order valence-electron chi connectivity index (χ2n) is 6.43. The van der Waals surface area contributed by atoms with Crippen molar-refractivity contribution < 1.29 is 4.79 Å². The number of amides is 1. The van der Waals surface area contributed by atoms with Crippen LogP contribution >= 0.6 is 0 Å². The molecule has 114 valence electrons. The Morgan fingerprint density at radius 2 is 2.00 bits per heavy atom. The van der Waals surface area contributed by atoms with E-state index in [1.165, 1.54) is 5.56 Å². The van der Waals surface area contributed by atoms with E-state index in [0.717, 1.165) is 38.9 Å². The van der Waals surface area contributed by atoms with Gasteiger partial charge in [0, 0.05) is 31.7 Å². The van der Waals surface area contributed by atoms with Gasteiger partial charge in [-0.2, -0.15) is 0 Å². The first-order valence-electron chi connectivity index (χ1n) is 7.99. The van der Waals surface area contributed by atoms with Gasteiger partial charge >= 0.3 is 0 Å². The lowest BCUT2D eigenvalue weighted by atomic mass is 10.1. The number of hydrogen-bond donors (Lipinski definition) is 1. The van der Waals surface area contributed by atoms with Crippen molar-refractivity contribution in [3.05, 3.63) is 35.9 Å². The van der Waals surface area contributed by atoms with Gasteiger partial charge in [-0.15, -0.1) is 0 Å². The SMILES string of the molecule is C[C@H](N)C(=O)N(C1CC1)C1CCN(Cc2ccccc2)C1. The fraction of sp³-hybridized carbons (Fsp3) is 0.588. The number of nitrogens with zero attached hydrogens (tertiary/aromatic N) is 2. The molecule has 4 nitrogen and oxygen atoms in total. The number of likely N-dealkylation sites (tertiary alicyclic amines) is 1. The summed E-state index contributed by atoms with van der Waals surface area (Å²) in [4.78, 5) is 16.9. The number of hydrogen-bond acceptors (Lipinski definition) is 3. The Bertz CT molecular complexity index is 484. The minimum absolute atomic E-state index is 0.129. The maximum Gasteiger partial charge on any atom is 0.239 e. The van der Waals surface area contributed by atoms with Crippen molar-refractivity contribution in [2.45, 2.75) is 50.9 Å². The highest BCUT2D eigenvalue weighted by molar-refractivity contribution is 5.82. The zero-order valence-electron chi connectivity index (χ0n) is 12.7. The number of nitrogens with two attached hydrogens (primary N) is 1. The Morgan fingerprint density at radius 3 is 2.62 bits per heavy atom. The van der Waals surface area contributed by atoms with Crippen LogP contribution in [0.25, 0.3) is 0 Å². The second-order valence-corrected chi connectivity index (χ2v) is 6.43. The third-order valence-electron chi connectivity index (χ3n) is 4.47. The van der Waals surface area contributed by atoms with Gasteiger partial charge in [-0.05, 0) is 31.7 Å². The van der Waals surface area contributed by atoms with E-state index < -0.39 is 0 Å². The van der Waals surface area contributed by atoms with Crippen molar-refractivity contribution in [1.82, 2.24) is 9.80 Å². The largest absolute Gasteiger partial charge is 0.334 e. The molecule has 1 saturated carbocycles. The van der Waals surface area contributed by atoms with Crippen LogP contribution in [0, 0.1) is 0 Å². The molecule has 0 aromatic heterocycles. The molecule has 2 fully saturated rings. The van der Waals surface area contributed by atoms with Gasteiger partial charge in [0.1, 0.15) is 0 Å². The molecule has 2 aliphatic rings. The van der Waals surface area contributed by atoms with E-state index >= 15 is 0 Å². The lowest BCUT2D eigenvalue weighted by Crippen LogP contribution is -2.49. The fourth-order valence-electron chi connectivity index (χ4n) is 3.27. The van der Waals surface area contributed by atoms with Crippen LogP contribution < -0.4 is 5.73 Å². The maximum absolute atomic E-state index is 12.4. The molecule has 2 atom stereocenters. The van der Waals surface area contributed by atoms with Gasteiger partial charge in [0.2, 0.25) is 5.91 Å². The first-order valence-corrected chi connectivity index (χ1v) is 7.99. The normalized spacial score (nSPS) is 24.0. The molecule has 1 unspecified atom stereocenters. The molecule has 1 aromatic carbocycles. The number of rotatable bonds is 5. The van der Waals surface area contributed by atoms with Gasteiger partial charge < -0.3 is 10.6 Å². The van der Waals surface area contributed by atoms with Crippen LogP contribution in [0.15, 0.2) is 30.3 Å². The summed E-state index contributed by atoms with van der Waals surface area (Å²) in [5.74, 6) is 0.129. The van der Waals surface area contributed by atoms with Crippen LogP contribution in [-0.2, 0) is 11.3 Å². The number of carbonyl (C=O) groups is 1. The minimum Gasteiger partial charge on any atom is -0.334 e. The van der Waals surface area contributed by atoms with Gasteiger partial charge in [-0.25, -0.2) is 0 Å². The van der Waals surface area contributed by atoms with E-state index in [1.54, 1.807) is 6.92 Å². The van der Waals surface area contributed by atoms with E-state index in [-0.39, 0.29) is 11.9 Å². The minimum atomic E-state index is -0.381. The molecule has 0 bridgehead atoms. The predicted molar refractivity (Wildman–Crippen MR) is 83.6 cm³/mol. The van der Waals surface area contributed by atoms with Crippen molar-refractivity contribution in [2.75, 3.05) is 13.1 Å². The summed E-state index contributed by atoms with van der Waals surface area (Å²) in [5, 5.41) is 0. The summed E-state index contributed by atoms with van der Waals surface area (Å²) in [6.45, 7) is 4.81. The summed E-state index contributed by atoms with van der Waals surface area (Å²) >= 11 is 0. The van der Waals surface area contributed by atoms with Crippen LogP contribution in [-0.4, -0.2) is 46.9 Å². The third kappa shape index (κ3) is 3.44. The standard InChI is InChI=1S/C17H25N3O/c1-13(18)17(21)20(15-7-8-15)16-9-10-19(12-16)11-14-5-3-2-4-6-14/h2-6,13,15-16H,7-12,18H2,1H3/t13-,16?/m0/s1. The first-order chi connectivity index (χ1) is 10.1. The average molecular weight is 287 g/mol. The molecule has 1 saturated heterocycles. The molecule has 21 heavy (non-hydrogen) atoms. The van der Waals surface area contributed by atoms with E-state index in [2.05, 4.69) is 34.1 Å². The van der Waals surface area contributed by atoms with Crippen molar-refractivity contribution in [3.63, 3.8) is 0 Å². The van der Waals surface area contributed by atoms with E-state index in [1.807, 2.05) is 6.07 Å². The predicted octanol–water partition coefficient (Wildman–Crippen LogP) is 1.60. The molecule has 1 heterocycles. The molecule has 4 heteroatoms. The smallest absolute Gasteiger partial charge is 0.239 e. The maximum atomic E-state index is 12.4. The topological polar surface area (TPSA) is 49.6 Å². The fourth-order valence-corrected chi connectivity index (χ4v) is 3.27. The van der Waals surface area contributed by atoms with E-state index in [9.17, 15) is 4.79 Å². The molecule has 1 amide bonds. The Hall–Kier alpha value is -1.39. The van der Waals surface area contributed by atoms with Gasteiger partial charge in [0.25, 0.3) is 0 Å². The molecule has 1 aliphatic carbocycles. The van der Waals surface area contributed by atoms with Crippen LogP contribution in [0.1, 0.15) is 31.7 Å². The number of carbonyl (C=O) groups excluding carboxylic acids is 1. The van der Waals surface area contributed by atoms with Crippen molar-refractivity contribution in [3.8, 4) is 0 Å². The Morgan fingerprint density at radius 1 is 1.29 bits per heavy atom. The Kier molecular flexibility index (Phi) is 4.27. The summed E-state index contributed by atoms with van der Waals surface area (Å²) in [6.07, 6.45) is 3.36. The molecular formula is C17H25N3O. The van der Waals surface area contributed by atoms with Crippen LogP contribution in [0.3, 0.4) is 0 Å². The zero-order chi connectivity index (χ0) is 14.8. The van der Waals surface area contributed by atoms with Gasteiger partial charge in [0.05, 0.1) is 6.04 Å². The summed E-state index contributed by atoms with van der Waals surface area (Å²) in [5.41, 5.74) is 7.17. The average Bonchev–Trinajstić information content (AvgIpc) is 3.20. The van der Waals surface area contributed by atoms with Crippen LogP contribution in [0.4, 0.5) is 0 Å². The number of benzene rings is 1. The van der Waals surface area contributed by atoms with Gasteiger partial charge in [-0.1, -0.05) is 30.3 Å². The van der Waals surface area contributed by atoms with E-state index in [4.69, 9.17) is 5.73 Å². The highest BCUT2D eigenvalue weighted by Gasteiger charge is 2.40. The van der Waals surface area contributed by atoms with Gasteiger partial charge in [0.15, 0.2) is 0 Å². The molecular weight excluding hydrogens is 262 g/mol. The van der Waals surface area contributed by atoms with E-state index in [0.29, 0.717) is 12.1 Å². The van der Waals surface area contributed by atoms with Crippen LogP contribution in [0.5, 0.6) is 0 Å². The highest BCUT2D eigenvalue weighted by atomic mass is 16.2. The Labute approximate surface area is 126 Å². The molecule has 1 aliphatic heterocycles. The second kappa shape index (κ2) is 6.16. The molecule has 3 rings (SSSR count). The molecule has 2 N–H and O–H groups in total. The van der Waals surface area contributed by atoms with Crippen molar-refractivity contribution in [2.24, 2.45) is 5.73 Å². The lowest BCUT2D eigenvalue weighted by Gasteiger charge is -2.30. The summed E-state index contributed by atoms with van der Waals surface area (Å²) < 4.78 is 0. The summed E-state index contributed by atoms with van der Waals surface area (Å²) in [7, 11) is 0. The molecule has 0 radical (unpaired) electrons. The molecule has 0 spiro atoms. The van der Waals surface area contributed by atoms with Crippen molar-refractivity contribution in [1.29, 1.82) is 0 Å². The van der Waals surface area contributed by atoms with Crippen molar-refractivity contribution >= 4 is 5.91 Å². The monoisotopic (exact) mass is 287 g/mol. The third-order valence-corrected chi connectivity index (χ3v) is 4.47. The lowest BCUT2D eigenvalue weighted by molar-refractivity contribution is -0.135.